The van der Waals surface area contributed by atoms with Gasteiger partial charge in [-0.3, -0.25) is 4.72 Å². The zero-order chi connectivity index (χ0) is 15.5. The summed E-state index contributed by atoms with van der Waals surface area (Å²) in [6.07, 6.45) is 3.93. The smallest absolute Gasteiger partial charge is 0.301 e. The number of hydrogen-bond acceptors (Lipinski definition) is 3. The van der Waals surface area contributed by atoms with Crippen molar-refractivity contribution >= 4 is 49.0 Å². The standard InChI is InChI=1S/C13H18BrN3O2S2/c14-10-5-6-12(11(9-10)13(15)20)16-21(18,19)17-7-3-1-2-4-8-17/h5-6,9,16H,1-4,7-8H2,(H2,15,20). The molecular formula is C13H18BrN3O2S2. The second-order valence-electron chi connectivity index (χ2n) is 4.97. The van der Waals surface area contributed by atoms with Crippen LogP contribution < -0.4 is 10.5 Å². The molecule has 21 heavy (non-hydrogen) atoms. The third kappa shape index (κ3) is 4.38. The van der Waals surface area contributed by atoms with Gasteiger partial charge in [0.1, 0.15) is 4.99 Å². The first-order chi connectivity index (χ1) is 9.90. The summed E-state index contributed by atoms with van der Waals surface area (Å²) in [4.78, 5) is 0.157. The fraction of sp³-hybridized carbons (Fsp3) is 0.462. The molecule has 116 valence electrons. The fourth-order valence-corrected chi connectivity index (χ4v) is 4.15. The van der Waals surface area contributed by atoms with Crippen LogP contribution in [0.15, 0.2) is 22.7 Å². The number of nitrogens with one attached hydrogen (secondary N) is 1. The largest absolute Gasteiger partial charge is 0.389 e. The van der Waals surface area contributed by atoms with Crippen LogP contribution in [0, 0.1) is 0 Å². The molecule has 1 fully saturated rings. The predicted molar refractivity (Wildman–Crippen MR) is 92.6 cm³/mol. The van der Waals surface area contributed by atoms with E-state index in [2.05, 4.69) is 20.7 Å². The van der Waals surface area contributed by atoms with Crippen molar-refractivity contribution in [1.82, 2.24) is 4.31 Å². The molecule has 1 saturated heterocycles. The van der Waals surface area contributed by atoms with E-state index < -0.39 is 10.2 Å². The Morgan fingerprint density at radius 2 is 1.86 bits per heavy atom. The zero-order valence-electron chi connectivity index (χ0n) is 11.5. The first kappa shape index (κ1) is 16.7. The molecule has 0 amide bonds. The summed E-state index contributed by atoms with van der Waals surface area (Å²) in [5.41, 5.74) is 6.59. The van der Waals surface area contributed by atoms with Crippen LogP contribution in [-0.4, -0.2) is 30.8 Å². The highest BCUT2D eigenvalue weighted by molar-refractivity contribution is 9.10. The van der Waals surface area contributed by atoms with Crippen LogP contribution in [0.2, 0.25) is 0 Å². The molecule has 0 saturated carbocycles. The van der Waals surface area contributed by atoms with Crippen LogP contribution >= 0.6 is 28.1 Å². The minimum Gasteiger partial charge on any atom is -0.389 e. The van der Waals surface area contributed by atoms with Gasteiger partial charge in [-0.15, -0.1) is 0 Å². The Balaban J connectivity index is 2.25. The third-order valence-corrected chi connectivity index (χ3v) is 5.63. The molecule has 0 spiro atoms. The summed E-state index contributed by atoms with van der Waals surface area (Å²) in [6.45, 7) is 1.10. The number of anilines is 1. The molecule has 0 aliphatic carbocycles. The second kappa shape index (κ2) is 7.04. The Hall–Kier alpha value is -0.700. The Morgan fingerprint density at radius 1 is 1.24 bits per heavy atom. The topological polar surface area (TPSA) is 75.4 Å². The Bertz CT molecular complexity index is 626. The van der Waals surface area contributed by atoms with Crippen LogP contribution in [0.5, 0.6) is 0 Å². The molecule has 0 aromatic heterocycles. The van der Waals surface area contributed by atoms with Gasteiger partial charge in [-0.25, -0.2) is 0 Å². The summed E-state index contributed by atoms with van der Waals surface area (Å²) in [6, 6.07) is 5.12. The van der Waals surface area contributed by atoms with Gasteiger partial charge in [0.05, 0.1) is 5.69 Å². The molecule has 1 aromatic rings. The summed E-state index contributed by atoms with van der Waals surface area (Å²) in [5, 5.41) is 0. The molecule has 0 atom stereocenters. The molecule has 0 radical (unpaired) electrons. The minimum absolute atomic E-state index is 0.157. The molecule has 1 aliphatic heterocycles. The molecule has 8 heteroatoms. The van der Waals surface area contributed by atoms with Crippen LogP contribution in [0.25, 0.3) is 0 Å². The van der Waals surface area contributed by atoms with Gasteiger partial charge in [0.15, 0.2) is 0 Å². The maximum atomic E-state index is 12.5. The van der Waals surface area contributed by atoms with E-state index in [4.69, 9.17) is 18.0 Å². The molecule has 1 aromatic carbocycles. The second-order valence-corrected chi connectivity index (χ2v) is 8.00. The molecule has 3 N–H and O–H groups in total. The Kier molecular flexibility index (Phi) is 5.59. The van der Waals surface area contributed by atoms with Crippen LogP contribution in [0.4, 0.5) is 5.69 Å². The fourth-order valence-electron chi connectivity index (χ4n) is 2.29. The van der Waals surface area contributed by atoms with Crippen LogP contribution in [-0.2, 0) is 10.2 Å². The van der Waals surface area contributed by atoms with Crippen molar-refractivity contribution in [3.63, 3.8) is 0 Å². The van der Waals surface area contributed by atoms with Gasteiger partial charge in [0.25, 0.3) is 0 Å². The average molecular weight is 392 g/mol. The number of thiocarbonyl (C=S) groups is 1. The van der Waals surface area contributed by atoms with E-state index in [1.54, 1.807) is 18.2 Å². The number of benzene rings is 1. The first-order valence-corrected chi connectivity index (χ1v) is 9.41. The lowest BCUT2D eigenvalue weighted by Crippen LogP contribution is -2.37. The van der Waals surface area contributed by atoms with E-state index in [-0.39, 0.29) is 4.99 Å². The monoisotopic (exact) mass is 391 g/mol. The molecule has 0 bridgehead atoms. The lowest BCUT2D eigenvalue weighted by molar-refractivity contribution is 0.427. The van der Waals surface area contributed by atoms with Gasteiger partial charge in [-0.2, -0.15) is 12.7 Å². The number of rotatable bonds is 4. The number of hydrogen-bond donors (Lipinski definition) is 2. The highest BCUT2D eigenvalue weighted by atomic mass is 79.9. The SMILES string of the molecule is NC(=S)c1cc(Br)ccc1NS(=O)(=O)N1CCCCCC1. The van der Waals surface area contributed by atoms with Crippen molar-refractivity contribution in [1.29, 1.82) is 0 Å². The van der Waals surface area contributed by atoms with E-state index >= 15 is 0 Å². The van der Waals surface area contributed by atoms with E-state index in [9.17, 15) is 8.42 Å². The summed E-state index contributed by atoms with van der Waals surface area (Å²) < 4.78 is 29.9. The van der Waals surface area contributed by atoms with E-state index in [1.807, 2.05) is 0 Å². The van der Waals surface area contributed by atoms with Gasteiger partial charge in [0, 0.05) is 23.1 Å². The van der Waals surface area contributed by atoms with E-state index in [0.717, 1.165) is 30.2 Å². The summed E-state index contributed by atoms with van der Waals surface area (Å²) in [7, 11) is -3.58. The van der Waals surface area contributed by atoms with Gasteiger partial charge < -0.3 is 5.73 Å². The normalized spacial score (nSPS) is 17.2. The number of halogens is 1. The maximum absolute atomic E-state index is 12.5. The lowest BCUT2D eigenvalue weighted by atomic mass is 10.2. The zero-order valence-corrected chi connectivity index (χ0v) is 14.7. The van der Waals surface area contributed by atoms with Crippen LogP contribution in [0.1, 0.15) is 31.2 Å². The van der Waals surface area contributed by atoms with Crippen molar-refractivity contribution in [2.45, 2.75) is 25.7 Å². The van der Waals surface area contributed by atoms with Crippen LogP contribution in [0.3, 0.4) is 0 Å². The van der Waals surface area contributed by atoms with Crippen molar-refractivity contribution in [2.75, 3.05) is 17.8 Å². The quantitative estimate of drug-likeness (QED) is 0.773. The van der Waals surface area contributed by atoms with Crippen molar-refractivity contribution in [3.05, 3.63) is 28.2 Å². The molecular weight excluding hydrogens is 374 g/mol. The molecule has 0 unspecified atom stereocenters. The first-order valence-electron chi connectivity index (χ1n) is 6.77. The predicted octanol–water partition coefficient (Wildman–Crippen LogP) is 2.62. The van der Waals surface area contributed by atoms with Gasteiger partial charge in [0.2, 0.25) is 0 Å². The Labute approximate surface area is 139 Å². The lowest BCUT2D eigenvalue weighted by Gasteiger charge is -2.21. The van der Waals surface area contributed by atoms with E-state index in [1.165, 1.54) is 4.31 Å². The minimum atomic E-state index is -3.58. The Morgan fingerprint density at radius 3 is 2.43 bits per heavy atom. The van der Waals surface area contributed by atoms with E-state index in [0.29, 0.717) is 24.3 Å². The molecule has 2 rings (SSSR count). The van der Waals surface area contributed by atoms with Crippen molar-refractivity contribution in [3.8, 4) is 0 Å². The maximum Gasteiger partial charge on any atom is 0.301 e. The number of nitrogens with two attached hydrogens (primary N) is 1. The van der Waals surface area contributed by atoms with Crippen molar-refractivity contribution in [2.24, 2.45) is 5.73 Å². The van der Waals surface area contributed by atoms with Crippen molar-refractivity contribution < 1.29 is 8.42 Å². The summed E-state index contributed by atoms with van der Waals surface area (Å²) >= 11 is 8.31. The van der Waals surface area contributed by atoms with Gasteiger partial charge >= 0.3 is 10.2 Å². The average Bonchev–Trinajstić information content (AvgIpc) is 2.70. The number of nitrogens with zero attached hydrogens (tertiary/aromatic N) is 1. The molecule has 5 nitrogen and oxygen atoms in total. The highest BCUT2D eigenvalue weighted by Gasteiger charge is 2.24. The van der Waals surface area contributed by atoms with Gasteiger partial charge in [-0.05, 0) is 31.0 Å². The molecule has 1 heterocycles. The third-order valence-electron chi connectivity index (χ3n) is 3.39. The summed E-state index contributed by atoms with van der Waals surface area (Å²) in [5.74, 6) is 0. The molecule has 1 aliphatic rings. The highest BCUT2D eigenvalue weighted by Crippen LogP contribution is 2.23. The van der Waals surface area contributed by atoms with Gasteiger partial charge in [-0.1, -0.05) is 41.0 Å².